The first-order chi connectivity index (χ1) is 12.0. The number of rotatable bonds is 9. The van der Waals surface area contributed by atoms with E-state index in [0.29, 0.717) is 30.0 Å². The van der Waals surface area contributed by atoms with Crippen LogP contribution in [0.25, 0.3) is 10.9 Å². The first-order valence-electron chi connectivity index (χ1n) is 8.55. The van der Waals surface area contributed by atoms with Crippen molar-refractivity contribution in [3.05, 3.63) is 45.1 Å². The van der Waals surface area contributed by atoms with Gasteiger partial charge in [0, 0.05) is 32.7 Å². The Morgan fingerprint density at radius 1 is 1.28 bits per heavy atom. The lowest BCUT2D eigenvalue weighted by molar-refractivity contribution is -0.121. The van der Waals surface area contributed by atoms with Crippen molar-refractivity contribution in [3.8, 4) is 0 Å². The third-order valence-corrected chi connectivity index (χ3v) is 3.71. The fraction of sp³-hybridized carbons (Fsp3) is 0.500. The van der Waals surface area contributed by atoms with Crippen molar-refractivity contribution in [2.75, 3.05) is 19.8 Å². The molecule has 1 heterocycles. The molecule has 7 heteroatoms. The van der Waals surface area contributed by atoms with Crippen LogP contribution >= 0.6 is 0 Å². The van der Waals surface area contributed by atoms with E-state index in [1.165, 1.54) is 4.57 Å². The largest absolute Gasteiger partial charge is 0.381 e. The fourth-order valence-corrected chi connectivity index (χ4v) is 2.49. The Kier molecular flexibility index (Phi) is 6.94. The van der Waals surface area contributed by atoms with Crippen LogP contribution in [0.3, 0.4) is 0 Å². The molecule has 0 saturated carbocycles. The van der Waals surface area contributed by atoms with Crippen molar-refractivity contribution in [1.82, 2.24) is 14.9 Å². The van der Waals surface area contributed by atoms with Gasteiger partial charge in [-0.2, -0.15) is 0 Å². The van der Waals surface area contributed by atoms with Crippen molar-refractivity contribution in [3.63, 3.8) is 0 Å². The summed E-state index contributed by atoms with van der Waals surface area (Å²) in [7, 11) is 0. The van der Waals surface area contributed by atoms with Crippen molar-refractivity contribution >= 4 is 16.8 Å². The standard InChI is InChI=1S/C18H25N3O4/c1-13(2)12-25-11-5-9-19-16(22)8-10-21-15-7-4-3-6-14(15)17(23)20-18(21)24/h3-4,6-7,13H,5,8-12H2,1-2H3,(H,19,22)(H,20,23,24). The summed E-state index contributed by atoms with van der Waals surface area (Å²) in [6, 6.07) is 6.85. The van der Waals surface area contributed by atoms with Gasteiger partial charge in [0.15, 0.2) is 0 Å². The number of nitrogens with zero attached hydrogens (tertiary/aromatic N) is 1. The lowest BCUT2D eigenvalue weighted by atomic mass is 10.2. The van der Waals surface area contributed by atoms with E-state index in [1.54, 1.807) is 24.3 Å². The number of H-pyrrole nitrogens is 1. The molecule has 136 valence electrons. The molecule has 1 aromatic carbocycles. The third kappa shape index (κ3) is 5.56. The van der Waals surface area contributed by atoms with E-state index in [9.17, 15) is 14.4 Å². The van der Waals surface area contributed by atoms with E-state index in [1.807, 2.05) is 0 Å². The van der Waals surface area contributed by atoms with Gasteiger partial charge < -0.3 is 10.1 Å². The van der Waals surface area contributed by atoms with Crippen LogP contribution in [-0.2, 0) is 16.1 Å². The number of nitrogens with one attached hydrogen (secondary N) is 2. The molecule has 0 radical (unpaired) electrons. The van der Waals surface area contributed by atoms with Crippen LogP contribution in [0.1, 0.15) is 26.7 Å². The number of carbonyl (C=O) groups is 1. The molecule has 0 aliphatic carbocycles. The summed E-state index contributed by atoms with van der Waals surface area (Å²) in [6.07, 6.45) is 0.919. The number of amides is 1. The molecule has 0 aliphatic rings. The monoisotopic (exact) mass is 347 g/mol. The molecule has 0 atom stereocenters. The fourth-order valence-electron chi connectivity index (χ4n) is 2.49. The number of hydrogen-bond acceptors (Lipinski definition) is 4. The quantitative estimate of drug-likeness (QED) is 0.668. The van der Waals surface area contributed by atoms with E-state index in [-0.39, 0.29) is 18.9 Å². The number of hydrogen-bond donors (Lipinski definition) is 2. The van der Waals surface area contributed by atoms with E-state index >= 15 is 0 Å². The molecular formula is C18H25N3O4. The molecule has 2 aromatic rings. The summed E-state index contributed by atoms with van der Waals surface area (Å²) in [5, 5.41) is 3.25. The van der Waals surface area contributed by atoms with Gasteiger partial charge in [-0.25, -0.2) is 4.79 Å². The molecular weight excluding hydrogens is 322 g/mol. The Morgan fingerprint density at radius 3 is 2.80 bits per heavy atom. The summed E-state index contributed by atoms with van der Waals surface area (Å²) in [6.45, 7) is 6.26. The summed E-state index contributed by atoms with van der Waals surface area (Å²) in [5.41, 5.74) is -0.382. The molecule has 1 aromatic heterocycles. The van der Waals surface area contributed by atoms with Crippen LogP contribution < -0.4 is 16.6 Å². The Balaban J connectivity index is 1.85. The van der Waals surface area contributed by atoms with Crippen molar-refractivity contribution in [2.45, 2.75) is 33.2 Å². The third-order valence-electron chi connectivity index (χ3n) is 3.71. The van der Waals surface area contributed by atoms with Gasteiger partial charge in [-0.15, -0.1) is 0 Å². The van der Waals surface area contributed by atoms with Gasteiger partial charge in [0.05, 0.1) is 10.9 Å². The molecule has 0 saturated heterocycles. The average molecular weight is 347 g/mol. The molecule has 2 rings (SSSR count). The molecule has 0 spiro atoms. The Labute approximate surface area is 146 Å². The van der Waals surface area contributed by atoms with Gasteiger partial charge in [-0.05, 0) is 24.5 Å². The Morgan fingerprint density at radius 2 is 2.04 bits per heavy atom. The molecule has 7 nitrogen and oxygen atoms in total. The minimum absolute atomic E-state index is 0.133. The molecule has 0 aliphatic heterocycles. The number of ether oxygens (including phenoxy) is 1. The highest BCUT2D eigenvalue weighted by Crippen LogP contribution is 2.07. The molecule has 25 heavy (non-hydrogen) atoms. The van der Waals surface area contributed by atoms with Crippen LogP contribution in [-0.4, -0.2) is 35.2 Å². The van der Waals surface area contributed by atoms with Gasteiger partial charge >= 0.3 is 5.69 Å². The Hall–Kier alpha value is -2.41. The molecule has 0 bridgehead atoms. The lowest BCUT2D eigenvalue weighted by Crippen LogP contribution is -2.32. The number of para-hydroxylation sites is 1. The normalized spacial score (nSPS) is 11.2. The highest BCUT2D eigenvalue weighted by atomic mass is 16.5. The van der Waals surface area contributed by atoms with Crippen LogP contribution in [0.15, 0.2) is 33.9 Å². The van der Waals surface area contributed by atoms with Gasteiger partial charge in [-0.3, -0.25) is 19.1 Å². The zero-order chi connectivity index (χ0) is 18.2. The van der Waals surface area contributed by atoms with E-state index in [4.69, 9.17) is 4.74 Å². The van der Waals surface area contributed by atoms with Crippen LogP contribution in [0.5, 0.6) is 0 Å². The summed E-state index contributed by atoms with van der Waals surface area (Å²) in [5.74, 6) is 0.367. The summed E-state index contributed by atoms with van der Waals surface area (Å²) < 4.78 is 6.87. The first kappa shape index (κ1) is 18.9. The first-order valence-corrected chi connectivity index (χ1v) is 8.55. The summed E-state index contributed by atoms with van der Waals surface area (Å²) in [4.78, 5) is 38.0. The Bertz CT molecular complexity index is 823. The second-order valence-corrected chi connectivity index (χ2v) is 6.35. The van der Waals surface area contributed by atoms with Crippen LogP contribution in [0.4, 0.5) is 0 Å². The molecule has 0 fully saturated rings. The summed E-state index contributed by atoms with van der Waals surface area (Å²) >= 11 is 0. The molecule has 0 unspecified atom stereocenters. The van der Waals surface area contributed by atoms with E-state index in [0.717, 1.165) is 13.0 Å². The van der Waals surface area contributed by atoms with Gasteiger partial charge in [0.1, 0.15) is 0 Å². The van der Waals surface area contributed by atoms with Gasteiger partial charge in [0.25, 0.3) is 5.56 Å². The maximum atomic E-state index is 12.0. The van der Waals surface area contributed by atoms with Gasteiger partial charge in [0.2, 0.25) is 5.91 Å². The van der Waals surface area contributed by atoms with Crippen molar-refractivity contribution in [1.29, 1.82) is 0 Å². The SMILES string of the molecule is CC(C)COCCCNC(=O)CCn1c(=O)[nH]c(=O)c2ccccc21. The van der Waals surface area contributed by atoms with E-state index in [2.05, 4.69) is 24.1 Å². The zero-order valence-electron chi connectivity index (χ0n) is 14.7. The minimum Gasteiger partial charge on any atom is -0.381 e. The average Bonchev–Trinajstić information content (AvgIpc) is 2.57. The predicted octanol–water partition coefficient (Wildman–Crippen LogP) is 1.26. The number of aromatic nitrogens is 2. The van der Waals surface area contributed by atoms with Gasteiger partial charge in [-0.1, -0.05) is 26.0 Å². The second-order valence-electron chi connectivity index (χ2n) is 6.35. The van der Waals surface area contributed by atoms with Crippen molar-refractivity contribution in [2.24, 2.45) is 5.92 Å². The second kappa shape index (κ2) is 9.17. The van der Waals surface area contributed by atoms with Crippen molar-refractivity contribution < 1.29 is 9.53 Å². The topological polar surface area (TPSA) is 93.2 Å². The zero-order valence-corrected chi connectivity index (χ0v) is 14.7. The van der Waals surface area contributed by atoms with Crippen LogP contribution in [0, 0.1) is 5.92 Å². The van der Waals surface area contributed by atoms with Crippen LogP contribution in [0.2, 0.25) is 0 Å². The number of aryl methyl sites for hydroxylation is 1. The minimum atomic E-state index is -0.501. The lowest BCUT2D eigenvalue weighted by Gasteiger charge is -2.10. The number of aromatic amines is 1. The highest BCUT2D eigenvalue weighted by Gasteiger charge is 2.08. The predicted molar refractivity (Wildman–Crippen MR) is 96.7 cm³/mol. The number of carbonyl (C=O) groups excluding carboxylic acids is 1. The maximum Gasteiger partial charge on any atom is 0.328 e. The maximum absolute atomic E-state index is 12.0. The number of benzene rings is 1. The highest BCUT2D eigenvalue weighted by molar-refractivity contribution is 5.78. The smallest absolute Gasteiger partial charge is 0.328 e. The number of fused-ring (bicyclic) bond motifs is 1. The van der Waals surface area contributed by atoms with E-state index < -0.39 is 11.2 Å². The molecule has 1 amide bonds. The molecule has 2 N–H and O–H groups in total.